The molecule has 134 valence electrons. The average Bonchev–Trinajstić information content (AvgIpc) is 2.91. The van der Waals surface area contributed by atoms with Crippen molar-refractivity contribution in [1.82, 2.24) is 15.5 Å². The molecule has 1 atom stereocenters. The second-order valence-corrected chi connectivity index (χ2v) is 6.25. The predicted octanol–water partition coefficient (Wildman–Crippen LogP) is 3.16. The van der Waals surface area contributed by atoms with E-state index >= 15 is 0 Å². The second kappa shape index (κ2) is 7.92. The zero-order valence-electron chi connectivity index (χ0n) is 15.2. The molecule has 2 heterocycles. The van der Waals surface area contributed by atoms with Crippen molar-refractivity contribution in [1.29, 1.82) is 0 Å². The number of aromatic nitrogens is 2. The van der Waals surface area contributed by atoms with Crippen LogP contribution in [0.15, 0.2) is 22.9 Å². The zero-order valence-corrected chi connectivity index (χ0v) is 15.2. The van der Waals surface area contributed by atoms with Gasteiger partial charge in [-0.05, 0) is 32.4 Å². The predicted molar refractivity (Wildman–Crippen MR) is 94.2 cm³/mol. The van der Waals surface area contributed by atoms with Crippen LogP contribution in [0.3, 0.4) is 0 Å². The summed E-state index contributed by atoms with van der Waals surface area (Å²) in [5.41, 5.74) is 2.10. The summed E-state index contributed by atoms with van der Waals surface area (Å²) in [5.74, 6) is 0.505. The molecule has 0 saturated carbocycles. The number of anilines is 1. The molecule has 7 nitrogen and oxygen atoms in total. The van der Waals surface area contributed by atoms with Gasteiger partial charge < -0.3 is 15.2 Å². The highest BCUT2D eigenvalue weighted by Crippen LogP contribution is 2.24. The van der Waals surface area contributed by atoms with Crippen LogP contribution in [0.2, 0.25) is 0 Å². The molecule has 0 spiro atoms. The van der Waals surface area contributed by atoms with E-state index in [2.05, 4.69) is 20.8 Å². The Morgan fingerprint density at radius 1 is 1.28 bits per heavy atom. The Labute approximate surface area is 147 Å². The van der Waals surface area contributed by atoms with Crippen molar-refractivity contribution in [3.8, 4) is 0 Å². The molecular weight excluding hydrogens is 320 g/mol. The van der Waals surface area contributed by atoms with Gasteiger partial charge in [-0.1, -0.05) is 25.9 Å². The van der Waals surface area contributed by atoms with Gasteiger partial charge in [0, 0.05) is 23.2 Å². The lowest BCUT2D eigenvalue weighted by atomic mass is 10.0. The van der Waals surface area contributed by atoms with E-state index in [1.54, 1.807) is 26.0 Å². The normalized spacial score (nSPS) is 12.1. The number of amides is 2. The summed E-state index contributed by atoms with van der Waals surface area (Å²) >= 11 is 0. The van der Waals surface area contributed by atoms with Crippen LogP contribution < -0.4 is 10.6 Å². The average molecular weight is 344 g/mol. The number of carbonyl (C=O) groups is 2. The molecule has 0 saturated heterocycles. The van der Waals surface area contributed by atoms with Gasteiger partial charge in [0.15, 0.2) is 0 Å². The zero-order chi connectivity index (χ0) is 18.6. The van der Waals surface area contributed by atoms with E-state index in [4.69, 9.17) is 4.52 Å². The van der Waals surface area contributed by atoms with Crippen molar-refractivity contribution in [3.05, 3.63) is 40.9 Å². The maximum absolute atomic E-state index is 12.6. The SMILES string of the molecule is CCC(NC(=O)c1ccnc(NC(=O)C(C)C)c1)c1c(C)noc1C. The van der Waals surface area contributed by atoms with Gasteiger partial charge in [0.05, 0.1) is 11.7 Å². The number of hydrogen-bond donors (Lipinski definition) is 2. The molecule has 2 aromatic rings. The van der Waals surface area contributed by atoms with E-state index in [-0.39, 0.29) is 23.8 Å². The first kappa shape index (κ1) is 18.6. The van der Waals surface area contributed by atoms with Gasteiger partial charge in [-0.15, -0.1) is 0 Å². The Morgan fingerprint density at radius 2 is 2.00 bits per heavy atom. The van der Waals surface area contributed by atoms with Crippen LogP contribution in [-0.4, -0.2) is 22.0 Å². The summed E-state index contributed by atoms with van der Waals surface area (Å²) in [4.78, 5) is 28.5. The lowest BCUT2D eigenvalue weighted by Crippen LogP contribution is -2.29. The fourth-order valence-corrected chi connectivity index (χ4v) is 2.52. The third-order valence-corrected chi connectivity index (χ3v) is 3.95. The lowest BCUT2D eigenvalue weighted by molar-refractivity contribution is -0.118. The molecule has 1 unspecified atom stereocenters. The molecule has 2 amide bonds. The first-order valence-corrected chi connectivity index (χ1v) is 8.34. The lowest BCUT2D eigenvalue weighted by Gasteiger charge is -2.17. The fourth-order valence-electron chi connectivity index (χ4n) is 2.52. The van der Waals surface area contributed by atoms with E-state index in [0.29, 0.717) is 23.6 Å². The molecule has 0 fully saturated rings. The van der Waals surface area contributed by atoms with Crippen LogP contribution in [0.25, 0.3) is 0 Å². The number of carbonyl (C=O) groups excluding carboxylic acids is 2. The molecule has 2 rings (SSSR count). The van der Waals surface area contributed by atoms with Gasteiger partial charge >= 0.3 is 0 Å². The van der Waals surface area contributed by atoms with Gasteiger partial charge in [0.1, 0.15) is 11.6 Å². The number of rotatable bonds is 6. The second-order valence-electron chi connectivity index (χ2n) is 6.25. The number of nitrogens with one attached hydrogen (secondary N) is 2. The molecule has 0 bridgehead atoms. The van der Waals surface area contributed by atoms with Crippen molar-refractivity contribution in [2.45, 2.75) is 47.1 Å². The molecule has 0 aliphatic heterocycles. The van der Waals surface area contributed by atoms with Gasteiger partial charge in [-0.2, -0.15) is 0 Å². The summed E-state index contributed by atoms with van der Waals surface area (Å²) in [6.07, 6.45) is 2.21. The first-order valence-electron chi connectivity index (χ1n) is 8.34. The molecule has 0 aromatic carbocycles. The van der Waals surface area contributed by atoms with Crippen LogP contribution in [0, 0.1) is 19.8 Å². The van der Waals surface area contributed by atoms with Crippen molar-refractivity contribution in [2.24, 2.45) is 5.92 Å². The summed E-state index contributed by atoms with van der Waals surface area (Å²) < 4.78 is 5.19. The highest BCUT2D eigenvalue weighted by molar-refractivity contribution is 5.97. The topological polar surface area (TPSA) is 97.1 Å². The largest absolute Gasteiger partial charge is 0.361 e. The van der Waals surface area contributed by atoms with Gasteiger partial charge in [-0.3, -0.25) is 9.59 Å². The van der Waals surface area contributed by atoms with Crippen molar-refractivity contribution >= 4 is 17.6 Å². The van der Waals surface area contributed by atoms with Crippen LogP contribution in [0.1, 0.15) is 60.6 Å². The fraction of sp³-hybridized carbons (Fsp3) is 0.444. The summed E-state index contributed by atoms with van der Waals surface area (Å²) in [5, 5.41) is 9.63. The van der Waals surface area contributed by atoms with E-state index in [1.165, 1.54) is 6.20 Å². The number of aryl methyl sites for hydroxylation is 2. The first-order chi connectivity index (χ1) is 11.8. The quantitative estimate of drug-likeness (QED) is 0.839. The van der Waals surface area contributed by atoms with Gasteiger partial charge in [0.25, 0.3) is 5.91 Å². The van der Waals surface area contributed by atoms with Crippen molar-refractivity contribution in [3.63, 3.8) is 0 Å². The highest BCUT2D eigenvalue weighted by Gasteiger charge is 2.21. The van der Waals surface area contributed by atoms with E-state index in [0.717, 1.165) is 11.3 Å². The van der Waals surface area contributed by atoms with E-state index in [9.17, 15) is 9.59 Å². The molecule has 25 heavy (non-hydrogen) atoms. The summed E-state index contributed by atoms with van der Waals surface area (Å²) in [6, 6.07) is 2.98. The minimum absolute atomic E-state index is 0.146. The maximum Gasteiger partial charge on any atom is 0.251 e. The monoisotopic (exact) mass is 344 g/mol. The van der Waals surface area contributed by atoms with Crippen LogP contribution in [0.4, 0.5) is 5.82 Å². The minimum Gasteiger partial charge on any atom is -0.361 e. The Bertz CT molecular complexity index is 748. The van der Waals surface area contributed by atoms with Gasteiger partial charge in [0.2, 0.25) is 5.91 Å². The highest BCUT2D eigenvalue weighted by atomic mass is 16.5. The van der Waals surface area contributed by atoms with Gasteiger partial charge in [-0.25, -0.2) is 4.98 Å². The van der Waals surface area contributed by atoms with Crippen molar-refractivity contribution < 1.29 is 14.1 Å². The smallest absolute Gasteiger partial charge is 0.251 e. The number of pyridine rings is 1. The number of hydrogen-bond acceptors (Lipinski definition) is 5. The molecule has 2 N–H and O–H groups in total. The molecule has 2 aromatic heterocycles. The maximum atomic E-state index is 12.6. The van der Waals surface area contributed by atoms with Crippen LogP contribution in [-0.2, 0) is 4.79 Å². The van der Waals surface area contributed by atoms with Crippen molar-refractivity contribution in [2.75, 3.05) is 5.32 Å². The third-order valence-electron chi connectivity index (χ3n) is 3.95. The Kier molecular flexibility index (Phi) is 5.90. The molecular formula is C18H24N4O3. The molecule has 0 aliphatic rings. The Balaban J connectivity index is 2.16. The van der Waals surface area contributed by atoms with Crippen LogP contribution >= 0.6 is 0 Å². The van der Waals surface area contributed by atoms with E-state index in [1.807, 2.05) is 20.8 Å². The Morgan fingerprint density at radius 3 is 2.56 bits per heavy atom. The van der Waals surface area contributed by atoms with E-state index < -0.39 is 0 Å². The third kappa shape index (κ3) is 4.43. The minimum atomic E-state index is -0.241. The molecule has 7 heteroatoms. The summed E-state index contributed by atoms with van der Waals surface area (Å²) in [6.45, 7) is 9.25. The summed E-state index contributed by atoms with van der Waals surface area (Å²) in [7, 11) is 0. The molecule has 0 radical (unpaired) electrons. The van der Waals surface area contributed by atoms with Crippen LogP contribution in [0.5, 0.6) is 0 Å². The Hall–Kier alpha value is -2.70. The molecule has 0 aliphatic carbocycles. The number of nitrogens with zero attached hydrogens (tertiary/aromatic N) is 2. The standard InChI is InChI=1S/C18H24N4O3/c1-6-14(16-11(4)22-25-12(16)5)20-18(24)13-7-8-19-15(9-13)21-17(23)10(2)3/h7-10,14H,6H2,1-5H3,(H,20,24)(H,19,21,23).